The molecule has 0 aliphatic carbocycles. The number of ether oxygens (including phenoxy) is 1. The van der Waals surface area contributed by atoms with Gasteiger partial charge in [0.1, 0.15) is 18.5 Å². The maximum absolute atomic E-state index is 10.1. The minimum Gasteiger partial charge on any atom is -0.491 e. The Balaban J connectivity index is 0.00000364. The highest BCUT2D eigenvalue weighted by molar-refractivity contribution is 14.0. The van der Waals surface area contributed by atoms with Gasteiger partial charge in [0.25, 0.3) is 0 Å². The summed E-state index contributed by atoms with van der Waals surface area (Å²) in [6.07, 6.45) is 2.08. The van der Waals surface area contributed by atoms with Gasteiger partial charge in [0.15, 0.2) is 5.96 Å². The fourth-order valence-electron chi connectivity index (χ4n) is 2.29. The van der Waals surface area contributed by atoms with Crippen molar-refractivity contribution in [2.75, 3.05) is 26.2 Å². The highest BCUT2D eigenvalue weighted by Gasteiger charge is 2.06. The minimum atomic E-state index is -0.660. The molecule has 0 radical (unpaired) electrons. The maximum atomic E-state index is 10.1. The number of rotatable bonds is 9. The summed E-state index contributed by atoms with van der Waals surface area (Å²) in [5, 5.41) is 17.7. The SMILES string of the molecule is CCNC(=NCC(O)COc1cccc(C)c1)NCCc1ncc(C)s1.I. The molecule has 0 spiro atoms. The van der Waals surface area contributed by atoms with Crippen molar-refractivity contribution in [1.82, 2.24) is 15.6 Å². The van der Waals surface area contributed by atoms with Crippen molar-refractivity contribution >= 4 is 41.3 Å². The first-order chi connectivity index (χ1) is 12.6. The lowest BCUT2D eigenvalue weighted by atomic mass is 10.2. The van der Waals surface area contributed by atoms with E-state index in [-0.39, 0.29) is 37.1 Å². The van der Waals surface area contributed by atoms with Gasteiger partial charge in [-0.3, -0.25) is 4.99 Å². The maximum Gasteiger partial charge on any atom is 0.191 e. The molecule has 27 heavy (non-hydrogen) atoms. The smallest absolute Gasteiger partial charge is 0.191 e. The summed E-state index contributed by atoms with van der Waals surface area (Å²) in [5.74, 6) is 1.45. The van der Waals surface area contributed by atoms with Crippen molar-refractivity contribution in [3.63, 3.8) is 0 Å². The molecule has 150 valence electrons. The summed E-state index contributed by atoms with van der Waals surface area (Å²) in [7, 11) is 0. The van der Waals surface area contributed by atoms with Crippen LogP contribution in [0.4, 0.5) is 0 Å². The van der Waals surface area contributed by atoms with Crippen LogP contribution in [0.25, 0.3) is 0 Å². The van der Waals surface area contributed by atoms with E-state index in [2.05, 4.69) is 27.5 Å². The quantitative estimate of drug-likeness (QED) is 0.278. The van der Waals surface area contributed by atoms with Gasteiger partial charge in [-0.2, -0.15) is 0 Å². The Morgan fingerprint density at radius 3 is 2.81 bits per heavy atom. The molecular weight excluding hydrogens is 475 g/mol. The monoisotopic (exact) mass is 504 g/mol. The summed E-state index contributed by atoms with van der Waals surface area (Å²) in [5.41, 5.74) is 1.13. The molecule has 1 aromatic heterocycles. The molecule has 3 N–H and O–H groups in total. The van der Waals surface area contributed by atoms with Gasteiger partial charge in [0.2, 0.25) is 0 Å². The number of nitrogens with one attached hydrogen (secondary N) is 2. The highest BCUT2D eigenvalue weighted by Crippen LogP contribution is 2.12. The lowest BCUT2D eigenvalue weighted by Crippen LogP contribution is -2.39. The molecule has 0 saturated heterocycles. The molecule has 0 aliphatic heterocycles. The van der Waals surface area contributed by atoms with Gasteiger partial charge < -0.3 is 20.5 Å². The predicted molar refractivity (Wildman–Crippen MR) is 123 cm³/mol. The topological polar surface area (TPSA) is 78.8 Å². The first-order valence-electron chi connectivity index (χ1n) is 8.88. The summed E-state index contributed by atoms with van der Waals surface area (Å²) in [4.78, 5) is 10.0. The summed E-state index contributed by atoms with van der Waals surface area (Å²) >= 11 is 1.71. The number of nitrogens with zero attached hydrogens (tertiary/aromatic N) is 2. The lowest BCUT2D eigenvalue weighted by molar-refractivity contribution is 0.114. The van der Waals surface area contributed by atoms with E-state index in [4.69, 9.17) is 4.74 Å². The van der Waals surface area contributed by atoms with Crippen LogP contribution in [0, 0.1) is 13.8 Å². The van der Waals surface area contributed by atoms with Gasteiger partial charge in [-0.05, 0) is 38.5 Å². The summed E-state index contributed by atoms with van der Waals surface area (Å²) < 4.78 is 5.62. The molecule has 2 aromatic rings. The van der Waals surface area contributed by atoms with E-state index < -0.39 is 6.10 Å². The minimum absolute atomic E-state index is 0. The molecule has 0 aliphatic rings. The lowest BCUT2D eigenvalue weighted by Gasteiger charge is -2.13. The first kappa shape index (κ1) is 23.6. The van der Waals surface area contributed by atoms with Crippen LogP contribution in [0.2, 0.25) is 0 Å². The number of hydrogen-bond donors (Lipinski definition) is 3. The Kier molecular flexibility index (Phi) is 11.3. The third kappa shape index (κ3) is 9.39. The molecule has 1 atom stereocenters. The van der Waals surface area contributed by atoms with Crippen molar-refractivity contribution in [1.29, 1.82) is 0 Å². The number of aryl methyl sites for hydroxylation is 2. The van der Waals surface area contributed by atoms with Gasteiger partial charge in [-0.15, -0.1) is 35.3 Å². The summed E-state index contributed by atoms with van der Waals surface area (Å²) in [6, 6.07) is 7.78. The van der Waals surface area contributed by atoms with E-state index >= 15 is 0 Å². The van der Waals surface area contributed by atoms with Gasteiger partial charge in [0.05, 0.1) is 11.6 Å². The van der Waals surface area contributed by atoms with Crippen molar-refractivity contribution < 1.29 is 9.84 Å². The van der Waals surface area contributed by atoms with E-state index in [1.807, 2.05) is 44.3 Å². The molecular formula is C19H29IN4O2S. The molecule has 1 heterocycles. The molecule has 8 heteroatoms. The number of guanidine groups is 1. The molecule has 0 saturated carbocycles. The second-order valence-electron chi connectivity index (χ2n) is 6.04. The standard InChI is InChI=1S/C19H28N4O2S.HI/c1-4-20-19(21-9-8-18-22-11-15(3)26-18)23-12-16(24)13-25-17-7-5-6-14(2)10-17;/h5-7,10-11,16,24H,4,8-9,12-13H2,1-3H3,(H2,20,21,23);1H. The van der Waals surface area contributed by atoms with Crippen LogP contribution >= 0.6 is 35.3 Å². The van der Waals surface area contributed by atoms with E-state index in [1.165, 1.54) is 4.88 Å². The molecule has 0 bridgehead atoms. The van der Waals surface area contributed by atoms with Gasteiger partial charge in [-0.25, -0.2) is 4.98 Å². The van der Waals surface area contributed by atoms with Crippen LogP contribution in [0.1, 0.15) is 22.4 Å². The van der Waals surface area contributed by atoms with E-state index in [0.717, 1.165) is 35.8 Å². The second kappa shape index (κ2) is 12.9. The largest absolute Gasteiger partial charge is 0.491 e. The third-order valence-electron chi connectivity index (χ3n) is 3.54. The normalized spacial score (nSPS) is 12.2. The summed E-state index contributed by atoms with van der Waals surface area (Å²) in [6.45, 7) is 8.07. The zero-order chi connectivity index (χ0) is 18.8. The fraction of sp³-hybridized carbons (Fsp3) is 0.474. The Hall–Kier alpha value is -1.39. The number of hydrogen-bond acceptors (Lipinski definition) is 5. The molecule has 0 fully saturated rings. The third-order valence-corrected chi connectivity index (χ3v) is 4.51. The van der Waals surface area contributed by atoms with Crippen molar-refractivity contribution in [3.8, 4) is 5.75 Å². The van der Waals surface area contributed by atoms with Gasteiger partial charge in [-0.1, -0.05) is 12.1 Å². The van der Waals surface area contributed by atoms with E-state index in [0.29, 0.717) is 5.96 Å². The molecule has 2 rings (SSSR count). The van der Waals surface area contributed by atoms with Crippen LogP contribution in [0.3, 0.4) is 0 Å². The number of thiazole rings is 1. The predicted octanol–water partition coefficient (Wildman–Crippen LogP) is 2.92. The molecule has 1 unspecified atom stereocenters. The number of aromatic nitrogens is 1. The number of aliphatic imine (C=N–C) groups is 1. The number of benzene rings is 1. The molecule has 1 aromatic carbocycles. The second-order valence-corrected chi connectivity index (χ2v) is 7.36. The number of halogens is 1. The first-order valence-corrected chi connectivity index (χ1v) is 9.69. The van der Waals surface area contributed by atoms with Crippen LogP contribution in [-0.2, 0) is 6.42 Å². The Morgan fingerprint density at radius 1 is 1.33 bits per heavy atom. The molecule has 0 amide bonds. The average molecular weight is 504 g/mol. The van der Waals surface area contributed by atoms with Crippen LogP contribution < -0.4 is 15.4 Å². The Morgan fingerprint density at radius 2 is 2.15 bits per heavy atom. The van der Waals surface area contributed by atoms with Gasteiger partial charge in [0, 0.05) is 30.6 Å². The number of aliphatic hydroxyl groups excluding tert-OH is 1. The zero-order valence-electron chi connectivity index (χ0n) is 16.1. The Bertz CT molecular complexity index is 709. The van der Waals surface area contributed by atoms with Crippen molar-refractivity contribution in [2.24, 2.45) is 4.99 Å². The average Bonchev–Trinajstić information content (AvgIpc) is 3.03. The molecule has 6 nitrogen and oxygen atoms in total. The van der Waals surface area contributed by atoms with E-state index in [1.54, 1.807) is 11.3 Å². The zero-order valence-corrected chi connectivity index (χ0v) is 19.2. The van der Waals surface area contributed by atoms with E-state index in [9.17, 15) is 5.11 Å². The fourth-order valence-corrected chi connectivity index (χ4v) is 3.08. The number of aliphatic hydroxyl groups is 1. The van der Waals surface area contributed by atoms with Gasteiger partial charge >= 0.3 is 0 Å². The van der Waals surface area contributed by atoms with Crippen LogP contribution in [-0.4, -0.2) is 48.4 Å². The van der Waals surface area contributed by atoms with Crippen LogP contribution in [0.5, 0.6) is 5.75 Å². The van der Waals surface area contributed by atoms with Crippen LogP contribution in [0.15, 0.2) is 35.5 Å². The Labute approximate surface area is 182 Å². The van der Waals surface area contributed by atoms with Crippen molar-refractivity contribution in [2.45, 2.75) is 33.3 Å². The van der Waals surface area contributed by atoms with Crippen molar-refractivity contribution in [3.05, 3.63) is 45.9 Å². The highest BCUT2D eigenvalue weighted by atomic mass is 127.